The molecule has 3 aromatic carbocycles. The van der Waals surface area contributed by atoms with Crippen molar-refractivity contribution in [3.63, 3.8) is 0 Å². The number of amides is 4. The number of imide groups is 2. The van der Waals surface area contributed by atoms with E-state index in [1.54, 1.807) is 67.6 Å². The molecule has 1 N–H and O–H groups in total. The molecule has 1 aromatic heterocycles. The van der Waals surface area contributed by atoms with Crippen molar-refractivity contribution in [2.24, 2.45) is 29.1 Å². The summed E-state index contributed by atoms with van der Waals surface area (Å²) in [6.45, 7) is 1.31. The molecule has 0 bridgehead atoms. The summed E-state index contributed by atoms with van der Waals surface area (Å²) < 4.78 is 20.1. The van der Waals surface area contributed by atoms with Gasteiger partial charge in [0.25, 0.3) is 0 Å². The second-order valence-electron chi connectivity index (χ2n) is 13.5. The van der Waals surface area contributed by atoms with Gasteiger partial charge in [0, 0.05) is 11.1 Å². The van der Waals surface area contributed by atoms with Crippen molar-refractivity contribution in [2.75, 3.05) is 9.80 Å². The highest BCUT2D eigenvalue weighted by Gasteiger charge is 2.68. The van der Waals surface area contributed by atoms with E-state index in [2.05, 4.69) is 0 Å². The summed E-state index contributed by atoms with van der Waals surface area (Å²) in [7, 11) is 0. The van der Waals surface area contributed by atoms with Gasteiger partial charge in [-0.1, -0.05) is 53.6 Å². The Hall–Kier alpha value is -5.19. The minimum atomic E-state index is -1.37. The molecule has 4 aromatic rings. The number of allylic oxidation sites excluding steroid dienone is 2. The highest BCUT2D eigenvalue weighted by Crippen LogP contribution is 2.64. The summed E-state index contributed by atoms with van der Waals surface area (Å²) in [6.07, 6.45) is 2.23. The molecule has 6 atom stereocenters. The first-order valence-corrected chi connectivity index (χ1v) is 16.7. The number of hydrogen-bond donors (Lipinski definition) is 1. The number of furan rings is 1. The van der Waals surface area contributed by atoms with E-state index < -0.39 is 58.5 Å². The molecule has 2 aliphatic heterocycles. The monoisotopic (exact) mass is 692 g/mol. The number of aliphatic hydroxyl groups is 1. The number of fused-ring (bicyclic) bond motifs is 4. The molecule has 252 valence electrons. The van der Waals surface area contributed by atoms with Crippen molar-refractivity contribution < 1.29 is 37.9 Å². The number of carbonyl (C=O) groups is 5. The summed E-state index contributed by atoms with van der Waals surface area (Å²) in [6, 6.07) is 22.0. The third kappa shape index (κ3) is 4.58. The van der Waals surface area contributed by atoms with E-state index in [1.807, 2.05) is 12.1 Å². The van der Waals surface area contributed by atoms with Gasteiger partial charge in [-0.15, -0.1) is 0 Å². The van der Waals surface area contributed by atoms with Gasteiger partial charge in [-0.05, 0) is 80.3 Å². The lowest BCUT2D eigenvalue weighted by atomic mass is 9.52. The molecule has 9 nitrogen and oxygen atoms in total. The Morgan fingerprint density at radius 2 is 1.58 bits per heavy atom. The fourth-order valence-electron chi connectivity index (χ4n) is 8.59. The van der Waals surface area contributed by atoms with Gasteiger partial charge in [0.1, 0.15) is 23.9 Å². The van der Waals surface area contributed by atoms with Crippen LogP contribution in [-0.4, -0.2) is 34.5 Å². The zero-order valence-electron chi connectivity index (χ0n) is 26.7. The van der Waals surface area contributed by atoms with E-state index in [1.165, 1.54) is 12.1 Å². The van der Waals surface area contributed by atoms with Gasteiger partial charge in [-0.25, -0.2) is 9.29 Å². The second kappa shape index (κ2) is 11.7. The summed E-state index contributed by atoms with van der Waals surface area (Å²) in [5, 5.41) is 9.56. The van der Waals surface area contributed by atoms with Crippen LogP contribution in [0.1, 0.15) is 53.1 Å². The number of rotatable bonds is 6. The Balaban J connectivity index is 1.17. The summed E-state index contributed by atoms with van der Waals surface area (Å²) >= 11 is 6.06. The first-order chi connectivity index (χ1) is 24.0. The molecular weight excluding hydrogens is 663 g/mol. The number of hydrogen-bond acceptors (Lipinski definition) is 7. The highest BCUT2D eigenvalue weighted by atomic mass is 35.5. The standard InChI is InChI=1S/C39H30ClFN2O7/c1-39-28(36(47)43(38(39)49)23-11-15-30(41)29(40)17-23)18-27-25(33(39)31-16-12-24(19-44)50-31)13-14-26-32(27)37(48)42(35(26)46)22-9-7-21(8-10-22)34(45)20-5-3-2-4-6-20/h2-13,15-17,26-28,32-33,44H,14,18-19H2,1H3/t26-,27+,28-,32-,33+,39+/m0/s1. The minimum absolute atomic E-state index is 0.112. The zero-order chi connectivity index (χ0) is 35.1. The zero-order valence-corrected chi connectivity index (χ0v) is 27.5. The van der Waals surface area contributed by atoms with Crippen LogP contribution in [0.5, 0.6) is 0 Å². The fraction of sp³-hybridized carbons (Fsp3) is 0.256. The Labute approximate surface area is 290 Å². The number of aliphatic hydroxyl groups excluding tert-OH is 1. The SMILES string of the molecule is C[C@@]12C(=O)N(c3ccc(F)c(Cl)c3)C(=O)[C@@H]1C[C@@H]1C(=CC[C@@H]3C(=O)N(c4ccc(C(=O)c5ccccc5)cc4)C(=O)[C@@H]31)[C@@H]2c1ccc(CO)o1. The van der Waals surface area contributed by atoms with Crippen molar-refractivity contribution in [1.29, 1.82) is 0 Å². The van der Waals surface area contributed by atoms with Crippen LogP contribution in [-0.2, 0) is 25.8 Å². The number of carbonyl (C=O) groups excluding carboxylic acids is 5. The van der Waals surface area contributed by atoms with E-state index in [-0.39, 0.29) is 47.6 Å². The van der Waals surface area contributed by atoms with Gasteiger partial charge in [-0.3, -0.25) is 28.9 Å². The van der Waals surface area contributed by atoms with E-state index in [4.69, 9.17) is 16.0 Å². The quantitative estimate of drug-likeness (QED) is 0.144. The van der Waals surface area contributed by atoms with Crippen LogP contribution in [0, 0.1) is 34.9 Å². The van der Waals surface area contributed by atoms with Crippen molar-refractivity contribution >= 4 is 52.4 Å². The first-order valence-electron chi connectivity index (χ1n) is 16.3. The minimum Gasteiger partial charge on any atom is -0.463 e. The molecule has 0 unspecified atom stereocenters. The first kappa shape index (κ1) is 32.0. The molecule has 2 saturated heterocycles. The van der Waals surface area contributed by atoms with Gasteiger partial charge in [0.05, 0.1) is 45.5 Å². The smallest absolute Gasteiger partial charge is 0.241 e. The number of nitrogens with zero attached hydrogens (tertiary/aromatic N) is 2. The van der Waals surface area contributed by atoms with Crippen molar-refractivity contribution in [1.82, 2.24) is 0 Å². The lowest BCUT2D eigenvalue weighted by molar-refractivity contribution is -0.131. The van der Waals surface area contributed by atoms with Gasteiger partial charge in [0.15, 0.2) is 5.78 Å². The number of benzene rings is 3. The number of ketones is 1. The van der Waals surface area contributed by atoms with Gasteiger partial charge < -0.3 is 9.52 Å². The van der Waals surface area contributed by atoms with Crippen molar-refractivity contribution in [2.45, 2.75) is 32.3 Å². The summed E-state index contributed by atoms with van der Waals surface area (Å²) in [5.74, 6) is -5.94. The molecule has 0 spiro atoms. The molecular formula is C39H30ClFN2O7. The lowest BCUT2D eigenvalue weighted by Crippen LogP contribution is -2.48. The van der Waals surface area contributed by atoms with Crippen LogP contribution in [0.3, 0.4) is 0 Å². The van der Waals surface area contributed by atoms with Crippen LogP contribution < -0.4 is 9.80 Å². The Kier molecular flexibility index (Phi) is 7.50. The summed E-state index contributed by atoms with van der Waals surface area (Å²) in [4.78, 5) is 72.2. The van der Waals surface area contributed by atoms with E-state index in [0.717, 1.165) is 21.4 Å². The van der Waals surface area contributed by atoms with Crippen LogP contribution >= 0.6 is 11.6 Å². The molecule has 4 amide bonds. The highest BCUT2D eigenvalue weighted by molar-refractivity contribution is 6.32. The molecule has 1 saturated carbocycles. The average molecular weight is 693 g/mol. The molecule has 0 radical (unpaired) electrons. The van der Waals surface area contributed by atoms with E-state index in [9.17, 15) is 33.5 Å². The number of anilines is 2. The van der Waals surface area contributed by atoms with Crippen LogP contribution in [0.4, 0.5) is 15.8 Å². The molecule has 2 aliphatic carbocycles. The van der Waals surface area contributed by atoms with Gasteiger partial charge >= 0.3 is 0 Å². The maximum absolute atomic E-state index is 14.4. The normalized spacial score (nSPS) is 27.3. The van der Waals surface area contributed by atoms with E-state index in [0.29, 0.717) is 22.6 Å². The molecule has 3 fully saturated rings. The second-order valence-corrected chi connectivity index (χ2v) is 13.9. The Bertz CT molecular complexity index is 2140. The van der Waals surface area contributed by atoms with Crippen LogP contribution in [0.15, 0.2) is 101 Å². The molecule has 8 rings (SSSR count). The third-order valence-corrected chi connectivity index (χ3v) is 11.3. The van der Waals surface area contributed by atoms with E-state index >= 15 is 0 Å². The van der Waals surface area contributed by atoms with Crippen molar-refractivity contribution in [3.8, 4) is 0 Å². The molecule has 3 heterocycles. The maximum Gasteiger partial charge on any atom is 0.241 e. The molecule has 50 heavy (non-hydrogen) atoms. The average Bonchev–Trinajstić information content (AvgIpc) is 3.76. The van der Waals surface area contributed by atoms with Crippen LogP contribution in [0.2, 0.25) is 5.02 Å². The largest absolute Gasteiger partial charge is 0.463 e. The van der Waals surface area contributed by atoms with Crippen molar-refractivity contribution in [3.05, 3.63) is 130 Å². The van der Waals surface area contributed by atoms with Gasteiger partial charge in [-0.2, -0.15) is 0 Å². The van der Waals surface area contributed by atoms with Gasteiger partial charge in [0.2, 0.25) is 23.6 Å². The Morgan fingerprint density at radius 3 is 2.26 bits per heavy atom. The maximum atomic E-state index is 14.4. The Morgan fingerprint density at radius 1 is 0.880 bits per heavy atom. The topological polar surface area (TPSA) is 125 Å². The predicted octanol–water partition coefficient (Wildman–Crippen LogP) is 6.23. The fourth-order valence-corrected chi connectivity index (χ4v) is 8.77. The summed E-state index contributed by atoms with van der Waals surface area (Å²) in [5.41, 5.74) is 0.731. The van der Waals surface area contributed by atoms with Crippen LogP contribution in [0.25, 0.3) is 0 Å². The predicted molar refractivity (Wildman–Crippen MR) is 179 cm³/mol. The third-order valence-electron chi connectivity index (χ3n) is 11.0. The molecule has 4 aliphatic rings. The number of halogens is 2. The molecule has 11 heteroatoms. The lowest BCUT2D eigenvalue weighted by Gasteiger charge is -2.48.